The zero-order valence-corrected chi connectivity index (χ0v) is 17.0. The number of hydrogen-bond acceptors (Lipinski definition) is 7. The quantitative estimate of drug-likeness (QED) is 0.738. The number of rotatable bonds is 6. The van der Waals surface area contributed by atoms with Gasteiger partial charge in [0, 0.05) is 58.2 Å². The van der Waals surface area contributed by atoms with Gasteiger partial charge in [-0.1, -0.05) is 6.07 Å². The molecule has 0 saturated carbocycles. The highest BCUT2D eigenvalue weighted by atomic mass is 16.7. The third-order valence-electron chi connectivity index (χ3n) is 5.43. The van der Waals surface area contributed by atoms with E-state index in [9.17, 15) is 4.79 Å². The van der Waals surface area contributed by atoms with E-state index in [0.29, 0.717) is 31.4 Å². The second kappa shape index (κ2) is 8.65. The Morgan fingerprint density at radius 3 is 2.41 bits per heavy atom. The van der Waals surface area contributed by atoms with Gasteiger partial charge >= 0.3 is 0 Å². The lowest BCUT2D eigenvalue weighted by Gasteiger charge is -2.34. The van der Waals surface area contributed by atoms with Crippen LogP contribution in [0.25, 0.3) is 0 Å². The largest absolute Gasteiger partial charge is 0.454 e. The molecule has 1 aromatic carbocycles. The van der Waals surface area contributed by atoms with Crippen molar-refractivity contribution < 1.29 is 14.3 Å². The number of carbonyl (C=O) groups is 1. The monoisotopic (exact) mass is 397 g/mol. The van der Waals surface area contributed by atoms with Crippen LogP contribution in [0.4, 0.5) is 5.95 Å². The second-order valence-corrected chi connectivity index (χ2v) is 7.20. The van der Waals surface area contributed by atoms with Crippen LogP contribution in [-0.4, -0.2) is 71.7 Å². The minimum Gasteiger partial charge on any atom is -0.454 e. The Balaban J connectivity index is 1.31. The Kier molecular flexibility index (Phi) is 5.80. The Hall–Kier alpha value is -2.87. The summed E-state index contributed by atoms with van der Waals surface area (Å²) in [5, 5.41) is 0. The summed E-state index contributed by atoms with van der Waals surface area (Å²) in [7, 11) is 0. The molecule has 0 radical (unpaired) electrons. The van der Waals surface area contributed by atoms with Gasteiger partial charge in [0.2, 0.25) is 12.7 Å². The average molecular weight is 397 g/mol. The highest BCUT2D eigenvalue weighted by Crippen LogP contribution is 2.32. The Morgan fingerprint density at radius 1 is 1.03 bits per heavy atom. The molecule has 0 bridgehead atoms. The zero-order chi connectivity index (χ0) is 20.2. The molecule has 2 aliphatic heterocycles. The molecule has 1 saturated heterocycles. The van der Waals surface area contributed by atoms with Crippen LogP contribution in [0.3, 0.4) is 0 Å². The van der Waals surface area contributed by atoms with Gasteiger partial charge in [0.1, 0.15) is 0 Å². The molecule has 154 valence electrons. The lowest BCUT2D eigenvalue weighted by molar-refractivity contribution is 0.0627. The van der Waals surface area contributed by atoms with Crippen molar-refractivity contribution in [2.75, 3.05) is 51.0 Å². The van der Waals surface area contributed by atoms with Gasteiger partial charge in [-0.3, -0.25) is 9.69 Å². The van der Waals surface area contributed by atoms with Crippen LogP contribution < -0.4 is 14.4 Å². The molecule has 1 aromatic heterocycles. The fourth-order valence-corrected chi connectivity index (χ4v) is 3.69. The van der Waals surface area contributed by atoms with E-state index in [0.717, 1.165) is 44.2 Å². The molecule has 8 heteroatoms. The summed E-state index contributed by atoms with van der Waals surface area (Å²) in [6, 6.07) is 6.06. The molecule has 8 nitrogen and oxygen atoms in total. The first-order valence-corrected chi connectivity index (χ1v) is 10.1. The summed E-state index contributed by atoms with van der Waals surface area (Å²) in [4.78, 5) is 27.8. The van der Waals surface area contributed by atoms with Crippen molar-refractivity contribution in [3.63, 3.8) is 0 Å². The van der Waals surface area contributed by atoms with Crippen LogP contribution >= 0.6 is 0 Å². The van der Waals surface area contributed by atoms with E-state index in [1.165, 1.54) is 5.56 Å². The number of fused-ring (bicyclic) bond motifs is 1. The predicted molar refractivity (Wildman–Crippen MR) is 109 cm³/mol. The van der Waals surface area contributed by atoms with Gasteiger partial charge < -0.3 is 19.3 Å². The number of hydrogen-bond donors (Lipinski definition) is 0. The van der Waals surface area contributed by atoms with Crippen molar-refractivity contribution in [1.29, 1.82) is 0 Å². The summed E-state index contributed by atoms with van der Waals surface area (Å²) >= 11 is 0. The average Bonchev–Trinajstić information content (AvgIpc) is 3.23. The molecule has 0 N–H and O–H groups in total. The van der Waals surface area contributed by atoms with Gasteiger partial charge in [-0.05, 0) is 31.5 Å². The minimum atomic E-state index is -0.00109. The third-order valence-corrected chi connectivity index (χ3v) is 5.43. The number of ether oxygens (including phenoxy) is 2. The van der Waals surface area contributed by atoms with E-state index >= 15 is 0 Å². The maximum Gasteiger partial charge on any atom is 0.257 e. The number of carbonyl (C=O) groups excluding carboxylic acids is 1. The smallest absolute Gasteiger partial charge is 0.257 e. The Morgan fingerprint density at radius 2 is 1.72 bits per heavy atom. The van der Waals surface area contributed by atoms with Crippen LogP contribution in [0.5, 0.6) is 11.5 Å². The first-order chi connectivity index (χ1) is 14.2. The van der Waals surface area contributed by atoms with Gasteiger partial charge in [-0.2, -0.15) is 0 Å². The highest BCUT2D eigenvalue weighted by molar-refractivity contribution is 5.93. The number of benzene rings is 1. The van der Waals surface area contributed by atoms with Crippen molar-refractivity contribution in [3.05, 3.63) is 41.7 Å². The van der Waals surface area contributed by atoms with Crippen molar-refractivity contribution in [2.24, 2.45) is 0 Å². The molecule has 0 atom stereocenters. The molecule has 3 heterocycles. The fraction of sp³-hybridized carbons (Fsp3) is 0.476. The molecule has 29 heavy (non-hydrogen) atoms. The van der Waals surface area contributed by atoms with Crippen LogP contribution in [0, 0.1) is 0 Å². The summed E-state index contributed by atoms with van der Waals surface area (Å²) in [6.45, 7) is 9.99. The van der Waals surface area contributed by atoms with E-state index in [2.05, 4.69) is 39.7 Å². The van der Waals surface area contributed by atoms with Crippen molar-refractivity contribution in [2.45, 2.75) is 20.4 Å². The number of nitrogens with zero attached hydrogens (tertiary/aromatic N) is 5. The van der Waals surface area contributed by atoms with Crippen LogP contribution in [0.1, 0.15) is 29.8 Å². The lowest BCUT2D eigenvalue weighted by Crippen LogP contribution is -2.48. The zero-order valence-electron chi connectivity index (χ0n) is 17.0. The summed E-state index contributed by atoms with van der Waals surface area (Å²) in [5.74, 6) is 2.28. The first kappa shape index (κ1) is 19.4. The first-order valence-electron chi connectivity index (χ1n) is 10.1. The van der Waals surface area contributed by atoms with Crippen molar-refractivity contribution in [1.82, 2.24) is 19.8 Å². The van der Waals surface area contributed by atoms with Gasteiger partial charge in [-0.15, -0.1) is 0 Å². The normalized spacial score (nSPS) is 16.1. The molecule has 0 spiro atoms. The van der Waals surface area contributed by atoms with Crippen molar-refractivity contribution >= 4 is 11.9 Å². The molecule has 0 aliphatic carbocycles. The SMILES string of the molecule is CCN(CC)c1ncc(C(=O)N2CCN(Cc3ccc4c(c3)OCO4)CC2)cn1. The lowest BCUT2D eigenvalue weighted by atomic mass is 10.1. The maximum atomic E-state index is 12.8. The molecular weight excluding hydrogens is 370 g/mol. The predicted octanol–water partition coefficient (Wildman–Crippen LogP) is 2.01. The summed E-state index contributed by atoms with van der Waals surface area (Å²) in [6.07, 6.45) is 3.28. The fourth-order valence-electron chi connectivity index (χ4n) is 3.69. The van der Waals surface area contributed by atoms with E-state index in [4.69, 9.17) is 9.47 Å². The molecule has 1 fully saturated rings. The van der Waals surface area contributed by atoms with Crippen LogP contribution in [-0.2, 0) is 6.54 Å². The Labute approximate surface area is 171 Å². The van der Waals surface area contributed by atoms with E-state index < -0.39 is 0 Å². The second-order valence-electron chi connectivity index (χ2n) is 7.20. The summed E-state index contributed by atoms with van der Waals surface area (Å²) in [5.41, 5.74) is 1.74. The molecule has 2 aromatic rings. The van der Waals surface area contributed by atoms with Gasteiger partial charge in [0.05, 0.1) is 5.56 Å². The maximum absolute atomic E-state index is 12.8. The number of anilines is 1. The van der Waals surface area contributed by atoms with Crippen LogP contribution in [0.15, 0.2) is 30.6 Å². The molecule has 4 rings (SSSR count). The minimum absolute atomic E-state index is 0.00109. The third kappa shape index (κ3) is 4.27. The molecular formula is C21H27N5O3. The highest BCUT2D eigenvalue weighted by Gasteiger charge is 2.23. The van der Waals surface area contributed by atoms with Crippen molar-refractivity contribution in [3.8, 4) is 11.5 Å². The molecule has 1 amide bonds. The molecule has 2 aliphatic rings. The van der Waals surface area contributed by atoms with E-state index in [-0.39, 0.29) is 5.91 Å². The van der Waals surface area contributed by atoms with Gasteiger partial charge in [-0.25, -0.2) is 9.97 Å². The van der Waals surface area contributed by atoms with Gasteiger partial charge in [0.15, 0.2) is 11.5 Å². The topological polar surface area (TPSA) is 71.0 Å². The Bertz CT molecular complexity index is 846. The van der Waals surface area contributed by atoms with E-state index in [1.807, 2.05) is 17.0 Å². The van der Waals surface area contributed by atoms with Crippen LogP contribution in [0.2, 0.25) is 0 Å². The van der Waals surface area contributed by atoms with Gasteiger partial charge in [0.25, 0.3) is 5.91 Å². The molecule has 0 unspecified atom stereocenters. The standard InChI is InChI=1S/C21H27N5O3/c1-3-25(4-2)21-22-12-17(13-23-21)20(27)26-9-7-24(8-10-26)14-16-5-6-18-19(11-16)29-15-28-18/h5-6,11-13H,3-4,7-10,14-15H2,1-2H3. The van der Waals surface area contributed by atoms with E-state index in [1.54, 1.807) is 12.4 Å². The number of aromatic nitrogens is 2. The summed E-state index contributed by atoms with van der Waals surface area (Å²) < 4.78 is 10.8. The number of amides is 1. The number of piperazine rings is 1.